The molecule has 3 rings (SSSR count). The summed E-state index contributed by atoms with van der Waals surface area (Å²) in [5.41, 5.74) is 6.79. The van der Waals surface area contributed by atoms with E-state index in [1.54, 1.807) is 0 Å². The predicted molar refractivity (Wildman–Crippen MR) is 80.7 cm³/mol. The van der Waals surface area contributed by atoms with Gasteiger partial charge in [-0.25, -0.2) is 0 Å². The molecule has 4 nitrogen and oxygen atoms in total. The highest BCUT2D eigenvalue weighted by molar-refractivity contribution is 7.80. The molecular formula is C15H18N2O2S. The minimum atomic E-state index is -0.367. The van der Waals surface area contributed by atoms with Gasteiger partial charge in [0.25, 0.3) is 5.91 Å². The third-order valence-electron chi connectivity index (χ3n) is 4.13. The predicted octanol–water partition coefficient (Wildman–Crippen LogP) is 1.51. The van der Waals surface area contributed by atoms with Crippen molar-refractivity contribution in [1.29, 1.82) is 0 Å². The molecule has 2 N–H and O–H groups in total. The molecule has 0 spiro atoms. The van der Waals surface area contributed by atoms with Crippen LogP contribution in [0.5, 0.6) is 5.75 Å². The minimum absolute atomic E-state index is 0.0857. The van der Waals surface area contributed by atoms with Gasteiger partial charge >= 0.3 is 0 Å². The van der Waals surface area contributed by atoms with Crippen molar-refractivity contribution >= 4 is 23.1 Å². The molecule has 0 aromatic heterocycles. The molecule has 1 aromatic carbocycles. The van der Waals surface area contributed by atoms with Crippen molar-refractivity contribution in [3.63, 3.8) is 0 Å². The summed E-state index contributed by atoms with van der Waals surface area (Å²) in [6.45, 7) is 1.44. The second-order valence-corrected chi connectivity index (χ2v) is 5.89. The number of para-hydroxylation sites is 1. The maximum absolute atomic E-state index is 12.5. The van der Waals surface area contributed by atoms with Gasteiger partial charge in [0.1, 0.15) is 5.75 Å². The first-order chi connectivity index (χ1) is 9.65. The van der Waals surface area contributed by atoms with Crippen molar-refractivity contribution in [1.82, 2.24) is 4.90 Å². The number of piperidine rings is 1. The van der Waals surface area contributed by atoms with Crippen LogP contribution in [-0.4, -0.2) is 35.0 Å². The van der Waals surface area contributed by atoms with Gasteiger partial charge < -0.3 is 15.4 Å². The second-order valence-electron chi connectivity index (χ2n) is 5.42. The van der Waals surface area contributed by atoms with Crippen LogP contribution in [0.2, 0.25) is 0 Å². The molecule has 1 unspecified atom stereocenters. The summed E-state index contributed by atoms with van der Waals surface area (Å²) in [5, 5.41) is 0. The van der Waals surface area contributed by atoms with Crippen molar-refractivity contribution in [2.24, 2.45) is 11.7 Å². The van der Waals surface area contributed by atoms with Crippen molar-refractivity contribution in [2.75, 3.05) is 13.1 Å². The Morgan fingerprint density at radius 1 is 1.30 bits per heavy atom. The number of carbonyl (C=O) groups excluding carboxylic acids is 1. The van der Waals surface area contributed by atoms with E-state index in [1.807, 2.05) is 29.2 Å². The highest BCUT2D eigenvalue weighted by atomic mass is 32.1. The lowest BCUT2D eigenvalue weighted by molar-refractivity contribution is -0.139. The van der Waals surface area contributed by atoms with Gasteiger partial charge in [-0.3, -0.25) is 4.79 Å². The molecule has 1 saturated heterocycles. The summed E-state index contributed by atoms with van der Waals surface area (Å²) in [5.74, 6) is 1.20. The molecule has 1 fully saturated rings. The first-order valence-corrected chi connectivity index (χ1v) is 7.38. The lowest BCUT2D eigenvalue weighted by Gasteiger charge is -2.32. The van der Waals surface area contributed by atoms with E-state index in [1.165, 1.54) is 0 Å². The van der Waals surface area contributed by atoms with Crippen molar-refractivity contribution in [3.05, 3.63) is 29.8 Å². The Labute approximate surface area is 123 Å². The Morgan fingerprint density at radius 3 is 2.65 bits per heavy atom. The topological polar surface area (TPSA) is 55.6 Å². The summed E-state index contributed by atoms with van der Waals surface area (Å²) in [4.78, 5) is 14.9. The van der Waals surface area contributed by atoms with Crippen LogP contribution in [0.25, 0.3) is 0 Å². The molecule has 1 atom stereocenters. The van der Waals surface area contributed by atoms with E-state index in [-0.39, 0.29) is 17.9 Å². The highest BCUT2D eigenvalue weighted by Crippen LogP contribution is 2.29. The first-order valence-electron chi connectivity index (χ1n) is 6.98. The SMILES string of the molecule is NC(=S)C1CCN(C(=O)C2Cc3ccccc3O2)CC1. The van der Waals surface area contributed by atoms with E-state index in [9.17, 15) is 4.79 Å². The summed E-state index contributed by atoms with van der Waals surface area (Å²) in [6, 6.07) is 7.84. The Morgan fingerprint density at radius 2 is 2.00 bits per heavy atom. The van der Waals surface area contributed by atoms with Crippen LogP contribution in [0.1, 0.15) is 18.4 Å². The number of fused-ring (bicyclic) bond motifs is 1. The smallest absolute Gasteiger partial charge is 0.263 e. The number of likely N-dealkylation sites (tertiary alicyclic amines) is 1. The number of hydrogen-bond acceptors (Lipinski definition) is 3. The maximum Gasteiger partial charge on any atom is 0.263 e. The van der Waals surface area contributed by atoms with Gasteiger partial charge in [0.2, 0.25) is 0 Å². The molecule has 2 aliphatic rings. The molecule has 0 radical (unpaired) electrons. The molecule has 0 bridgehead atoms. The molecule has 20 heavy (non-hydrogen) atoms. The quantitative estimate of drug-likeness (QED) is 0.839. The number of ether oxygens (including phenoxy) is 1. The fraction of sp³-hybridized carbons (Fsp3) is 0.467. The zero-order chi connectivity index (χ0) is 14.1. The Balaban J connectivity index is 1.60. The molecule has 106 valence electrons. The van der Waals surface area contributed by atoms with Crippen LogP contribution in [0.4, 0.5) is 0 Å². The third-order valence-corrected chi connectivity index (χ3v) is 4.46. The fourth-order valence-corrected chi connectivity index (χ4v) is 3.14. The standard InChI is InChI=1S/C15H18N2O2S/c16-14(20)10-5-7-17(8-6-10)15(18)13-9-11-3-1-2-4-12(11)19-13/h1-4,10,13H,5-9H2,(H2,16,20). The van der Waals surface area contributed by atoms with E-state index in [4.69, 9.17) is 22.7 Å². The van der Waals surface area contributed by atoms with E-state index < -0.39 is 0 Å². The summed E-state index contributed by atoms with van der Waals surface area (Å²) in [6.07, 6.45) is 2.03. The van der Waals surface area contributed by atoms with Crippen molar-refractivity contribution < 1.29 is 9.53 Å². The molecule has 2 aliphatic heterocycles. The highest BCUT2D eigenvalue weighted by Gasteiger charge is 2.34. The molecule has 2 heterocycles. The Bertz CT molecular complexity index is 513. The molecule has 1 aromatic rings. The number of amides is 1. The van der Waals surface area contributed by atoms with E-state index in [0.29, 0.717) is 11.4 Å². The summed E-state index contributed by atoms with van der Waals surface area (Å²) in [7, 11) is 0. The van der Waals surface area contributed by atoms with Gasteiger partial charge in [0.05, 0.1) is 4.99 Å². The van der Waals surface area contributed by atoms with Crippen LogP contribution in [0.3, 0.4) is 0 Å². The zero-order valence-corrected chi connectivity index (χ0v) is 12.1. The maximum atomic E-state index is 12.5. The number of benzene rings is 1. The lowest BCUT2D eigenvalue weighted by Crippen LogP contribution is -2.46. The van der Waals surface area contributed by atoms with Gasteiger partial charge in [-0.2, -0.15) is 0 Å². The first kappa shape index (κ1) is 13.4. The normalized spacial score (nSPS) is 22.2. The number of rotatable bonds is 2. The van der Waals surface area contributed by atoms with E-state index in [2.05, 4.69) is 0 Å². The van der Waals surface area contributed by atoms with Gasteiger partial charge in [-0.15, -0.1) is 0 Å². The molecule has 5 heteroatoms. The Kier molecular flexibility index (Phi) is 3.61. The average Bonchev–Trinajstić information content (AvgIpc) is 2.90. The molecule has 0 saturated carbocycles. The van der Waals surface area contributed by atoms with Gasteiger partial charge in [0.15, 0.2) is 6.10 Å². The molecule has 0 aliphatic carbocycles. The summed E-state index contributed by atoms with van der Waals surface area (Å²) < 4.78 is 5.75. The summed E-state index contributed by atoms with van der Waals surface area (Å²) >= 11 is 5.02. The molecule has 1 amide bonds. The van der Waals surface area contributed by atoms with Gasteiger partial charge in [-0.1, -0.05) is 30.4 Å². The minimum Gasteiger partial charge on any atom is -0.480 e. The third kappa shape index (κ3) is 2.50. The van der Waals surface area contributed by atoms with Crippen LogP contribution in [0.15, 0.2) is 24.3 Å². The number of carbonyl (C=O) groups is 1. The van der Waals surface area contributed by atoms with Crippen molar-refractivity contribution in [3.8, 4) is 5.75 Å². The van der Waals surface area contributed by atoms with Crippen LogP contribution >= 0.6 is 12.2 Å². The monoisotopic (exact) mass is 290 g/mol. The second kappa shape index (κ2) is 5.40. The van der Waals surface area contributed by atoms with Crippen molar-refractivity contribution in [2.45, 2.75) is 25.4 Å². The Hall–Kier alpha value is -1.62. The van der Waals surface area contributed by atoms with Crippen LogP contribution in [-0.2, 0) is 11.2 Å². The average molecular weight is 290 g/mol. The number of nitrogens with two attached hydrogens (primary N) is 1. The number of thiocarbonyl (C=S) groups is 1. The van der Waals surface area contributed by atoms with Crippen LogP contribution in [0, 0.1) is 5.92 Å². The largest absolute Gasteiger partial charge is 0.480 e. The lowest BCUT2D eigenvalue weighted by atomic mass is 9.96. The van der Waals surface area contributed by atoms with Gasteiger partial charge in [0, 0.05) is 25.4 Å². The molecular weight excluding hydrogens is 272 g/mol. The van der Waals surface area contributed by atoms with E-state index in [0.717, 1.165) is 37.2 Å². The van der Waals surface area contributed by atoms with Gasteiger partial charge in [-0.05, 0) is 24.5 Å². The van der Waals surface area contributed by atoms with E-state index >= 15 is 0 Å². The number of hydrogen-bond donors (Lipinski definition) is 1. The fourth-order valence-electron chi connectivity index (χ4n) is 2.91. The zero-order valence-electron chi connectivity index (χ0n) is 11.2. The number of nitrogens with zero attached hydrogens (tertiary/aromatic N) is 1. The van der Waals surface area contributed by atoms with Crippen LogP contribution < -0.4 is 10.5 Å².